The van der Waals surface area contributed by atoms with Crippen LogP contribution in [-0.2, 0) is 4.79 Å². The molecule has 0 bridgehead atoms. The molecule has 0 saturated heterocycles. The lowest BCUT2D eigenvalue weighted by molar-refractivity contribution is -0.142. The molecule has 4 nitrogen and oxygen atoms in total. The maximum atomic E-state index is 11.2. The van der Waals surface area contributed by atoms with Crippen LogP contribution in [0.4, 0.5) is 0 Å². The van der Waals surface area contributed by atoms with Gasteiger partial charge in [0.25, 0.3) is 0 Å². The standard InChI is InChI=1S/C15H23NO3/c1-5-11(15(17)18)14(16)10-6-7-13(19-4)12(8-10)9(2)3/h6-9,11,14H,5,16H2,1-4H3,(H,17,18). The minimum Gasteiger partial charge on any atom is -0.496 e. The molecule has 4 heteroatoms. The van der Waals surface area contributed by atoms with E-state index in [1.807, 2.05) is 25.1 Å². The van der Waals surface area contributed by atoms with Crippen LogP contribution in [0.3, 0.4) is 0 Å². The van der Waals surface area contributed by atoms with E-state index in [4.69, 9.17) is 10.5 Å². The predicted octanol–water partition coefficient (Wildman–Crippen LogP) is 2.93. The van der Waals surface area contributed by atoms with E-state index in [0.717, 1.165) is 16.9 Å². The predicted molar refractivity (Wildman–Crippen MR) is 75.4 cm³/mol. The van der Waals surface area contributed by atoms with Crippen LogP contribution in [0, 0.1) is 5.92 Å². The summed E-state index contributed by atoms with van der Waals surface area (Å²) in [6.07, 6.45) is 0.513. The molecule has 106 valence electrons. The van der Waals surface area contributed by atoms with Crippen molar-refractivity contribution in [3.8, 4) is 5.75 Å². The van der Waals surface area contributed by atoms with Gasteiger partial charge in [-0.3, -0.25) is 4.79 Å². The number of hydrogen-bond donors (Lipinski definition) is 2. The summed E-state index contributed by atoms with van der Waals surface area (Å²) in [4.78, 5) is 11.2. The van der Waals surface area contributed by atoms with Gasteiger partial charge in [0.1, 0.15) is 5.75 Å². The van der Waals surface area contributed by atoms with Crippen molar-refractivity contribution < 1.29 is 14.6 Å². The average Bonchev–Trinajstić information content (AvgIpc) is 2.38. The molecule has 1 aromatic rings. The largest absolute Gasteiger partial charge is 0.496 e. The van der Waals surface area contributed by atoms with E-state index >= 15 is 0 Å². The van der Waals surface area contributed by atoms with Gasteiger partial charge in [-0.2, -0.15) is 0 Å². The third kappa shape index (κ3) is 3.47. The van der Waals surface area contributed by atoms with Gasteiger partial charge in [-0.05, 0) is 29.5 Å². The number of carbonyl (C=O) groups is 1. The molecular weight excluding hydrogens is 242 g/mol. The van der Waals surface area contributed by atoms with E-state index in [2.05, 4.69) is 13.8 Å². The van der Waals surface area contributed by atoms with Crippen molar-refractivity contribution in [2.45, 2.75) is 39.2 Å². The molecule has 0 aromatic heterocycles. The Kier molecular flexibility index (Phi) is 5.36. The Morgan fingerprint density at radius 1 is 1.42 bits per heavy atom. The summed E-state index contributed by atoms with van der Waals surface area (Å²) in [5.41, 5.74) is 7.99. The summed E-state index contributed by atoms with van der Waals surface area (Å²) in [6, 6.07) is 5.17. The van der Waals surface area contributed by atoms with Crippen LogP contribution in [0.2, 0.25) is 0 Å². The van der Waals surface area contributed by atoms with Crippen LogP contribution in [-0.4, -0.2) is 18.2 Å². The smallest absolute Gasteiger partial charge is 0.308 e. The van der Waals surface area contributed by atoms with E-state index in [9.17, 15) is 9.90 Å². The van der Waals surface area contributed by atoms with E-state index in [1.165, 1.54) is 0 Å². The first-order valence-electron chi connectivity index (χ1n) is 6.58. The molecule has 0 aliphatic rings. The highest BCUT2D eigenvalue weighted by Crippen LogP contribution is 2.31. The summed E-state index contributed by atoms with van der Waals surface area (Å²) in [5, 5.41) is 9.18. The van der Waals surface area contributed by atoms with Crippen LogP contribution < -0.4 is 10.5 Å². The fraction of sp³-hybridized carbons (Fsp3) is 0.533. The van der Waals surface area contributed by atoms with Gasteiger partial charge in [-0.1, -0.05) is 32.9 Å². The molecule has 0 aliphatic heterocycles. The minimum absolute atomic E-state index is 0.298. The van der Waals surface area contributed by atoms with Crippen molar-refractivity contribution in [2.75, 3.05) is 7.11 Å². The second-order valence-electron chi connectivity index (χ2n) is 5.03. The van der Waals surface area contributed by atoms with Gasteiger partial charge in [0.15, 0.2) is 0 Å². The third-order valence-corrected chi connectivity index (χ3v) is 3.45. The summed E-state index contributed by atoms with van der Waals surface area (Å²) in [5.74, 6) is -0.299. The topological polar surface area (TPSA) is 72.5 Å². The van der Waals surface area contributed by atoms with Crippen molar-refractivity contribution in [3.05, 3.63) is 29.3 Å². The Morgan fingerprint density at radius 2 is 2.05 bits per heavy atom. The van der Waals surface area contributed by atoms with Gasteiger partial charge < -0.3 is 15.6 Å². The fourth-order valence-corrected chi connectivity index (χ4v) is 2.23. The minimum atomic E-state index is -0.850. The monoisotopic (exact) mass is 265 g/mol. The Labute approximate surface area is 114 Å². The molecule has 2 unspecified atom stereocenters. The second-order valence-corrected chi connectivity index (χ2v) is 5.03. The summed E-state index contributed by atoms with van der Waals surface area (Å²) in [7, 11) is 1.63. The maximum Gasteiger partial charge on any atom is 0.308 e. The molecule has 1 rings (SSSR count). The number of carboxylic acid groups (broad SMARTS) is 1. The molecule has 0 amide bonds. The fourth-order valence-electron chi connectivity index (χ4n) is 2.23. The maximum absolute atomic E-state index is 11.2. The highest BCUT2D eigenvalue weighted by molar-refractivity contribution is 5.71. The van der Waals surface area contributed by atoms with Gasteiger partial charge in [-0.15, -0.1) is 0 Å². The van der Waals surface area contributed by atoms with Gasteiger partial charge in [0.05, 0.1) is 13.0 Å². The van der Waals surface area contributed by atoms with Crippen molar-refractivity contribution in [1.82, 2.24) is 0 Å². The number of aliphatic carboxylic acids is 1. The van der Waals surface area contributed by atoms with Crippen molar-refractivity contribution in [1.29, 1.82) is 0 Å². The first-order valence-corrected chi connectivity index (χ1v) is 6.58. The third-order valence-electron chi connectivity index (χ3n) is 3.45. The van der Waals surface area contributed by atoms with E-state index in [-0.39, 0.29) is 0 Å². The molecule has 0 fully saturated rings. The number of nitrogens with two attached hydrogens (primary N) is 1. The quantitative estimate of drug-likeness (QED) is 0.829. The van der Waals surface area contributed by atoms with E-state index in [1.54, 1.807) is 7.11 Å². The average molecular weight is 265 g/mol. The van der Waals surface area contributed by atoms with Gasteiger partial charge in [-0.25, -0.2) is 0 Å². The number of benzene rings is 1. The van der Waals surface area contributed by atoms with Crippen LogP contribution in [0.5, 0.6) is 5.75 Å². The van der Waals surface area contributed by atoms with Crippen LogP contribution in [0.25, 0.3) is 0 Å². The highest BCUT2D eigenvalue weighted by Gasteiger charge is 2.25. The lowest BCUT2D eigenvalue weighted by Gasteiger charge is -2.21. The molecule has 0 aliphatic carbocycles. The first kappa shape index (κ1) is 15.5. The number of methoxy groups -OCH3 is 1. The molecule has 2 atom stereocenters. The number of carboxylic acids is 1. The Morgan fingerprint density at radius 3 is 2.47 bits per heavy atom. The molecule has 0 radical (unpaired) electrons. The Hall–Kier alpha value is -1.55. The van der Waals surface area contributed by atoms with Gasteiger partial charge >= 0.3 is 5.97 Å². The first-order chi connectivity index (χ1) is 8.92. The lowest BCUT2D eigenvalue weighted by Crippen LogP contribution is -2.27. The molecule has 0 heterocycles. The zero-order valence-corrected chi connectivity index (χ0v) is 12.0. The van der Waals surface area contributed by atoms with Gasteiger partial charge in [0.2, 0.25) is 0 Å². The van der Waals surface area contributed by atoms with Gasteiger partial charge in [0, 0.05) is 6.04 Å². The van der Waals surface area contributed by atoms with Crippen LogP contribution in [0.15, 0.2) is 18.2 Å². The molecule has 0 spiro atoms. The van der Waals surface area contributed by atoms with Crippen molar-refractivity contribution in [3.63, 3.8) is 0 Å². The number of ether oxygens (including phenoxy) is 1. The zero-order valence-electron chi connectivity index (χ0n) is 12.0. The summed E-state index contributed by atoms with van der Waals surface area (Å²) < 4.78 is 5.32. The number of rotatable bonds is 6. The summed E-state index contributed by atoms with van der Waals surface area (Å²) in [6.45, 7) is 5.98. The SMILES string of the molecule is CCC(C(=O)O)C(N)c1ccc(OC)c(C(C)C)c1. The molecule has 1 aromatic carbocycles. The highest BCUT2D eigenvalue weighted by atomic mass is 16.5. The zero-order chi connectivity index (χ0) is 14.6. The van der Waals surface area contributed by atoms with Crippen molar-refractivity contribution in [2.24, 2.45) is 11.7 Å². The number of hydrogen-bond acceptors (Lipinski definition) is 3. The van der Waals surface area contributed by atoms with Crippen molar-refractivity contribution >= 4 is 5.97 Å². The molecule has 3 N–H and O–H groups in total. The summed E-state index contributed by atoms with van der Waals surface area (Å²) >= 11 is 0. The Balaban J connectivity index is 3.14. The van der Waals surface area contributed by atoms with Crippen LogP contribution in [0.1, 0.15) is 50.3 Å². The van der Waals surface area contributed by atoms with Crippen LogP contribution >= 0.6 is 0 Å². The molecular formula is C15H23NO3. The molecule has 0 saturated carbocycles. The van der Waals surface area contributed by atoms with E-state index in [0.29, 0.717) is 12.3 Å². The normalized spacial score (nSPS) is 14.2. The second kappa shape index (κ2) is 6.57. The Bertz CT molecular complexity index is 443. The van der Waals surface area contributed by atoms with E-state index < -0.39 is 17.9 Å². The lowest BCUT2D eigenvalue weighted by atomic mass is 9.89. The molecule has 19 heavy (non-hydrogen) atoms.